The van der Waals surface area contributed by atoms with Gasteiger partial charge >= 0.3 is 0 Å². The standard InChI is InChI=1S/C6H7N.C2H5N/c1-2-7-5-3-4-6-7;1-2-3/h2-6H,1H2;2H,1,3H2. The minimum Gasteiger partial charge on any atom is -0.405 e. The zero-order chi connectivity index (χ0) is 7.82. The second-order valence-electron chi connectivity index (χ2n) is 1.55. The Bertz CT molecular complexity index is 175. The summed E-state index contributed by atoms with van der Waals surface area (Å²) < 4.78 is 1.89. The van der Waals surface area contributed by atoms with Crippen molar-refractivity contribution >= 4 is 6.20 Å². The van der Waals surface area contributed by atoms with Crippen LogP contribution in [0, 0.1) is 0 Å². The van der Waals surface area contributed by atoms with Gasteiger partial charge in [-0.3, -0.25) is 0 Å². The second kappa shape index (κ2) is 5.69. The molecule has 1 aromatic rings. The third-order valence-corrected chi connectivity index (χ3v) is 0.838. The van der Waals surface area contributed by atoms with Gasteiger partial charge in [-0.1, -0.05) is 13.2 Å². The lowest BCUT2D eigenvalue weighted by molar-refractivity contribution is 1.18. The van der Waals surface area contributed by atoms with E-state index < -0.39 is 0 Å². The Hall–Kier alpha value is -1.44. The van der Waals surface area contributed by atoms with Crippen molar-refractivity contribution < 1.29 is 0 Å². The number of rotatable bonds is 1. The van der Waals surface area contributed by atoms with E-state index in [-0.39, 0.29) is 0 Å². The quantitative estimate of drug-likeness (QED) is 0.625. The topological polar surface area (TPSA) is 30.9 Å². The molecule has 1 heterocycles. The first-order valence-corrected chi connectivity index (χ1v) is 2.92. The van der Waals surface area contributed by atoms with E-state index in [9.17, 15) is 0 Å². The van der Waals surface area contributed by atoms with Crippen molar-refractivity contribution in [2.45, 2.75) is 0 Å². The van der Waals surface area contributed by atoms with Gasteiger partial charge in [-0.15, -0.1) is 0 Å². The molecule has 54 valence electrons. The number of hydrogen-bond acceptors (Lipinski definition) is 1. The monoisotopic (exact) mass is 136 g/mol. The van der Waals surface area contributed by atoms with Crippen molar-refractivity contribution in [2.75, 3.05) is 0 Å². The molecule has 0 radical (unpaired) electrons. The molecule has 1 rings (SSSR count). The zero-order valence-electron chi connectivity index (χ0n) is 5.90. The summed E-state index contributed by atoms with van der Waals surface area (Å²) in [5.74, 6) is 0. The van der Waals surface area contributed by atoms with E-state index in [1.165, 1.54) is 6.20 Å². The molecular formula is C8H12N2. The largest absolute Gasteiger partial charge is 0.405 e. The third kappa shape index (κ3) is 3.55. The minimum atomic E-state index is 1.25. The van der Waals surface area contributed by atoms with E-state index >= 15 is 0 Å². The number of hydrogen-bond donors (Lipinski definition) is 1. The van der Waals surface area contributed by atoms with Gasteiger partial charge in [0.25, 0.3) is 0 Å². The van der Waals surface area contributed by atoms with Gasteiger partial charge in [0.1, 0.15) is 0 Å². The Labute approximate surface area is 61.3 Å². The molecule has 2 nitrogen and oxygen atoms in total. The number of nitrogens with zero attached hydrogens (tertiary/aromatic N) is 1. The van der Waals surface area contributed by atoms with Crippen LogP contribution in [0.1, 0.15) is 0 Å². The predicted octanol–water partition coefficient (Wildman–Crippen LogP) is 1.68. The van der Waals surface area contributed by atoms with E-state index in [0.717, 1.165) is 0 Å². The van der Waals surface area contributed by atoms with E-state index in [0.29, 0.717) is 0 Å². The molecule has 0 aliphatic rings. The lowest BCUT2D eigenvalue weighted by Gasteiger charge is -1.82. The van der Waals surface area contributed by atoms with Crippen LogP contribution in [-0.2, 0) is 0 Å². The van der Waals surface area contributed by atoms with Crippen molar-refractivity contribution in [1.29, 1.82) is 0 Å². The fourth-order valence-corrected chi connectivity index (χ4v) is 0.470. The van der Waals surface area contributed by atoms with Crippen LogP contribution >= 0.6 is 0 Å². The second-order valence-corrected chi connectivity index (χ2v) is 1.55. The highest BCUT2D eigenvalue weighted by molar-refractivity contribution is 5.17. The van der Waals surface area contributed by atoms with Crippen LogP contribution in [0.2, 0.25) is 0 Å². The van der Waals surface area contributed by atoms with Gasteiger partial charge in [-0.05, 0) is 18.3 Å². The normalized spacial score (nSPS) is 7.20. The summed E-state index contributed by atoms with van der Waals surface area (Å²) in [6, 6.07) is 3.92. The summed E-state index contributed by atoms with van der Waals surface area (Å²) in [5, 5.41) is 0. The maximum absolute atomic E-state index is 4.61. The molecule has 0 saturated heterocycles. The average Bonchev–Trinajstić information content (AvgIpc) is 2.39. The van der Waals surface area contributed by atoms with E-state index in [1.807, 2.05) is 29.1 Å². The molecular weight excluding hydrogens is 124 g/mol. The van der Waals surface area contributed by atoms with E-state index in [2.05, 4.69) is 18.9 Å². The Morgan fingerprint density at radius 1 is 1.20 bits per heavy atom. The molecule has 0 bridgehead atoms. The van der Waals surface area contributed by atoms with Crippen LogP contribution in [0.3, 0.4) is 0 Å². The van der Waals surface area contributed by atoms with Crippen LogP contribution in [0.25, 0.3) is 6.20 Å². The summed E-state index contributed by atoms with van der Waals surface area (Å²) in [6.07, 6.45) is 6.88. The maximum atomic E-state index is 4.61. The molecule has 0 unspecified atom stereocenters. The predicted molar refractivity (Wildman–Crippen MR) is 45.2 cm³/mol. The molecule has 0 atom stereocenters. The van der Waals surface area contributed by atoms with Gasteiger partial charge in [-0.25, -0.2) is 0 Å². The summed E-state index contributed by atoms with van der Waals surface area (Å²) in [5.41, 5.74) is 4.61. The van der Waals surface area contributed by atoms with Crippen molar-refractivity contribution in [2.24, 2.45) is 5.73 Å². The van der Waals surface area contributed by atoms with Gasteiger partial charge in [-0.2, -0.15) is 0 Å². The highest BCUT2D eigenvalue weighted by Gasteiger charge is 1.71. The molecule has 2 heteroatoms. The number of aromatic nitrogens is 1. The van der Waals surface area contributed by atoms with Gasteiger partial charge in [0.2, 0.25) is 0 Å². The Kier molecular flexibility index (Phi) is 4.87. The molecule has 0 saturated carbocycles. The first-order valence-electron chi connectivity index (χ1n) is 2.92. The molecule has 0 aliphatic heterocycles. The van der Waals surface area contributed by atoms with Crippen molar-refractivity contribution in [3.8, 4) is 0 Å². The summed E-state index contributed by atoms with van der Waals surface area (Å²) >= 11 is 0. The van der Waals surface area contributed by atoms with Crippen LogP contribution in [0.4, 0.5) is 0 Å². The molecule has 2 N–H and O–H groups in total. The third-order valence-electron chi connectivity index (χ3n) is 0.838. The molecule has 1 aromatic heterocycles. The lowest BCUT2D eigenvalue weighted by Crippen LogP contribution is -1.72. The Balaban J connectivity index is 0.000000236. The van der Waals surface area contributed by atoms with E-state index in [4.69, 9.17) is 0 Å². The summed E-state index contributed by atoms with van der Waals surface area (Å²) in [6.45, 7) is 6.70. The Morgan fingerprint density at radius 2 is 1.60 bits per heavy atom. The SMILES string of the molecule is C=CN.C=Cn1cccc1. The summed E-state index contributed by atoms with van der Waals surface area (Å²) in [7, 11) is 0. The minimum absolute atomic E-state index is 1.25. The average molecular weight is 136 g/mol. The first-order chi connectivity index (χ1) is 4.85. The van der Waals surface area contributed by atoms with Crippen LogP contribution in [0.5, 0.6) is 0 Å². The fourth-order valence-electron chi connectivity index (χ4n) is 0.470. The summed E-state index contributed by atoms with van der Waals surface area (Å²) in [4.78, 5) is 0. The molecule has 0 aromatic carbocycles. The smallest absolute Gasteiger partial charge is 0.00822 e. The fraction of sp³-hybridized carbons (Fsp3) is 0. The van der Waals surface area contributed by atoms with Crippen molar-refractivity contribution in [3.05, 3.63) is 43.9 Å². The highest BCUT2D eigenvalue weighted by Crippen LogP contribution is 1.86. The lowest BCUT2D eigenvalue weighted by atomic mass is 10.7. The van der Waals surface area contributed by atoms with Crippen molar-refractivity contribution in [1.82, 2.24) is 4.57 Å². The molecule has 10 heavy (non-hydrogen) atoms. The highest BCUT2D eigenvalue weighted by atomic mass is 14.9. The van der Waals surface area contributed by atoms with E-state index in [1.54, 1.807) is 6.20 Å². The first kappa shape index (κ1) is 8.56. The van der Waals surface area contributed by atoms with Crippen LogP contribution in [-0.4, -0.2) is 4.57 Å². The molecule has 0 aliphatic carbocycles. The molecule has 0 fully saturated rings. The van der Waals surface area contributed by atoms with Gasteiger partial charge in [0, 0.05) is 18.6 Å². The van der Waals surface area contributed by atoms with Crippen LogP contribution in [0.15, 0.2) is 43.9 Å². The molecule has 0 spiro atoms. The number of nitrogens with two attached hydrogens (primary N) is 1. The Morgan fingerprint density at radius 3 is 1.80 bits per heavy atom. The van der Waals surface area contributed by atoms with Gasteiger partial charge in [0.05, 0.1) is 0 Å². The van der Waals surface area contributed by atoms with Crippen LogP contribution < -0.4 is 5.73 Å². The maximum Gasteiger partial charge on any atom is 0.00822 e. The van der Waals surface area contributed by atoms with Gasteiger partial charge in [0.15, 0.2) is 0 Å². The van der Waals surface area contributed by atoms with Crippen molar-refractivity contribution in [3.63, 3.8) is 0 Å². The zero-order valence-corrected chi connectivity index (χ0v) is 5.90. The molecule has 0 amide bonds. The van der Waals surface area contributed by atoms with Gasteiger partial charge < -0.3 is 10.3 Å².